The Hall–Kier alpha value is -1.60. The number of hydrogen-bond donors (Lipinski definition) is 1. The molecule has 0 aliphatic heterocycles. The van der Waals surface area contributed by atoms with Crippen LogP contribution in [-0.2, 0) is 0 Å². The zero-order valence-electron chi connectivity index (χ0n) is 11.3. The van der Waals surface area contributed by atoms with Crippen LogP contribution in [0, 0.1) is 17.2 Å². The lowest BCUT2D eigenvalue weighted by Gasteiger charge is -2.27. The molecule has 0 aliphatic carbocycles. The van der Waals surface area contributed by atoms with Gasteiger partial charge in [-0.15, -0.1) is 0 Å². The molecule has 0 amide bonds. The third-order valence-corrected chi connectivity index (χ3v) is 2.65. The number of aromatic nitrogens is 1. The van der Waals surface area contributed by atoms with Crippen molar-refractivity contribution < 1.29 is 5.11 Å². The van der Waals surface area contributed by atoms with E-state index >= 15 is 0 Å². The highest BCUT2D eigenvalue weighted by Gasteiger charge is 2.16. The Kier molecular flexibility index (Phi) is 5.60. The number of pyridine rings is 1. The minimum absolute atomic E-state index is 0.461. The minimum atomic E-state index is -0.551. The van der Waals surface area contributed by atoms with Crippen LogP contribution in [0.25, 0.3) is 0 Å². The molecule has 0 saturated heterocycles. The van der Waals surface area contributed by atoms with Crippen LogP contribution in [0.15, 0.2) is 18.3 Å². The lowest BCUT2D eigenvalue weighted by molar-refractivity contribution is 0.199. The van der Waals surface area contributed by atoms with Crippen LogP contribution in [0.2, 0.25) is 0 Å². The fourth-order valence-corrected chi connectivity index (χ4v) is 1.91. The summed E-state index contributed by atoms with van der Waals surface area (Å²) < 4.78 is 0. The molecule has 1 aromatic heterocycles. The summed E-state index contributed by atoms with van der Waals surface area (Å²) in [6.07, 6.45) is 1.63. The van der Waals surface area contributed by atoms with Crippen molar-refractivity contribution in [1.82, 2.24) is 4.98 Å². The lowest BCUT2D eigenvalue weighted by Crippen LogP contribution is -2.30. The van der Waals surface area contributed by atoms with E-state index in [1.165, 1.54) is 0 Å². The Bertz CT molecular complexity index is 410. The highest BCUT2D eigenvalue weighted by molar-refractivity contribution is 5.47. The maximum atomic E-state index is 9.78. The van der Waals surface area contributed by atoms with Crippen LogP contribution < -0.4 is 4.90 Å². The van der Waals surface area contributed by atoms with E-state index in [0.717, 1.165) is 17.9 Å². The molecule has 98 valence electrons. The third-order valence-electron chi connectivity index (χ3n) is 2.65. The van der Waals surface area contributed by atoms with Crippen molar-refractivity contribution in [2.45, 2.75) is 33.3 Å². The van der Waals surface area contributed by atoms with Gasteiger partial charge in [-0.25, -0.2) is 4.98 Å². The second-order valence-electron chi connectivity index (χ2n) is 4.84. The van der Waals surface area contributed by atoms with Crippen LogP contribution in [0.4, 0.5) is 5.82 Å². The first-order valence-electron chi connectivity index (χ1n) is 6.31. The maximum absolute atomic E-state index is 9.78. The van der Waals surface area contributed by atoms with E-state index < -0.39 is 6.10 Å². The Morgan fingerprint density at radius 1 is 1.44 bits per heavy atom. The van der Waals surface area contributed by atoms with E-state index in [2.05, 4.69) is 29.8 Å². The van der Waals surface area contributed by atoms with Crippen molar-refractivity contribution in [1.29, 1.82) is 5.26 Å². The Morgan fingerprint density at radius 3 is 2.72 bits per heavy atom. The van der Waals surface area contributed by atoms with Gasteiger partial charge in [0.1, 0.15) is 5.82 Å². The van der Waals surface area contributed by atoms with Crippen LogP contribution >= 0.6 is 0 Å². The van der Waals surface area contributed by atoms with Crippen molar-refractivity contribution in [2.24, 2.45) is 5.92 Å². The molecule has 1 rings (SSSR count). The fourth-order valence-electron chi connectivity index (χ4n) is 1.91. The van der Waals surface area contributed by atoms with Gasteiger partial charge in [0.25, 0.3) is 0 Å². The molecule has 1 atom stereocenters. The van der Waals surface area contributed by atoms with Crippen LogP contribution in [0.5, 0.6) is 0 Å². The topological polar surface area (TPSA) is 60.2 Å². The number of hydrogen-bond acceptors (Lipinski definition) is 4. The van der Waals surface area contributed by atoms with E-state index in [0.29, 0.717) is 18.9 Å². The summed E-state index contributed by atoms with van der Waals surface area (Å²) in [6.45, 7) is 7.47. The summed E-state index contributed by atoms with van der Waals surface area (Å²) in [5, 5.41) is 18.5. The summed E-state index contributed by atoms with van der Waals surface area (Å²) in [5.41, 5.74) is 0.816. The van der Waals surface area contributed by atoms with Gasteiger partial charge in [0.2, 0.25) is 0 Å². The van der Waals surface area contributed by atoms with Gasteiger partial charge in [-0.3, -0.25) is 0 Å². The van der Waals surface area contributed by atoms with Crippen LogP contribution in [0.3, 0.4) is 0 Å². The zero-order chi connectivity index (χ0) is 13.5. The highest BCUT2D eigenvalue weighted by Crippen LogP contribution is 2.24. The average Bonchev–Trinajstić information content (AvgIpc) is 2.34. The van der Waals surface area contributed by atoms with Crippen molar-refractivity contribution in [3.05, 3.63) is 23.9 Å². The summed E-state index contributed by atoms with van der Waals surface area (Å²) in [7, 11) is 0. The Morgan fingerprint density at radius 2 is 2.17 bits per heavy atom. The fraction of sp³-hybridized carbons (Fsp3) is 0.571. The summed E-state index contributed by atoms with van der Waals surface area (Å²) in [6, 6.07) is 5.86. The van der Waals surface area contributed by atoms with Crippen molar-refractivity contribution >= 4 is 5.82 Å². The monoisotopic (exact) mass is 247 g/mol. The largest absolute Gasteiger partial charge is 0.389 e. The molecule has 0 unspecified atom stereocenters. The first-order valence-corrected chi connectivity index (χ1v) is 6.31. The molecule has 4 heteroatoms. The Labute approximate surface area is 109 Å². The van der Waals surface area contributed by atoms with Gasteiger partial charge >= 0.3 is 0 Å². The van der Waals surface area contributed by atoms with E-state index in [1.54, 1.807) is 13.1 Å². The SMILES string of the molecule is CC(C)CN(CCC#N)c1ncccc1[C@H](C)O. The molecule has 0 aliphatic rings. The molecule has 0 fully saturated rings. The first kappa shape index (κ1) is 14.5. The second-order valence-corrected chi connectivity index (χ2v) is 4.84. The van der Waals surface area contributed by atoms with Crippen LogP contribution in [0.1, 0.15) is 38.9 Å². The molecule has 0 bridgehead atoms. The van der Waals surface area contributed by atoms with Crippen molar-refractivity contribution in [2.75, 3.05) is 18.0 Å². The van der Waals surface area contributed by atoms with Gasteiger partial charge in [0.15, 0.2) is 0 Å². The number of aliphatic hydroxyl groups excluding tert-OH is 1. The summed E-state index contributed by atoms with van der Waals surface area (Å²) >= 11 is 0. The molecular weight excluding hydrogens is 226 g/mol. The third kappa shape index (κ3) is 4.01. The van der Waals surface area contributed by atoms with Gasteiger partial charge in [0, 0.05) is 24.8 Å². The molecular formula is C14H21N3O. The zero-order valence-corrected chi connectivity index (χ0v) is 11.3. The number of aliphatic hydroxyl groups is 1. The molecule has 18 heavy (non-hydrogen) atoms. The number of rotatable bonds is 6. The maximum Gasteiger partial charge on any atom is 0.134 e. The van der Waals surface area contributed by atoms with E-state index in [9.17, 15) is 5.11 Å². The standard InChI is InChI=1S/C14H21N3O/c1-11(2)10-17(9-5-7-15)14-13(12(3)18)6-4-8-16-14/h4,6,8,11-12,18H,5,9-10H2,1-3H3/t12-/m0/s1. The highest BCUT2D eigenvalue weighted by atomic mass is 16.3. The predicted octanol–water partition coefficient (Wildman–Crippen LogP) is 2.51. The molecule has 1 N–H and O–H groups in total. The summed E-state index contributed by atoms with van der Waals surface area (Å²) in [4.78, 5) is 6.44. The van der Waals surface area contributed by atoms with Gasteiger partial charge in [-0.05, 0) is 18.9 Å². The normalized spacial score (nSPS) is 12.2. The molecule has 1 heterocycles. The van der Waals surface area contributed by atoms with E-state index in [1.807, 2.05) is 12.1 Å². The smallest absolute Gasteiger partial charge is 0.134 e. The van der Waals surface area contributed by atoms with E-state index in [-0.39, 0.29) is 0 Å². The van der Waals surface area contributed by atoms with Crippen LogP contribution in [-0.4, -0.2) is 23.2 Å². The lowest BCUT2D eigenvalue weighted by atomic mass is 10.1. The van der Waals surface area contributed by atoms with Crippen molar-refractivity contribution in [3.63, 3.8) is 0 Å². The quantitative estimate of drug-likeness (QED) is 0.839. The molecule has 0 radical (unpaired) electrons. The van der Waals surface area contributed by atoms with Gasteiger partial charge in [-0.2, -0.15) is 5.26 Å². The molecule has 1 aromatic rings. The molecule has 4 nitrogen and oxygen atoms in total. The first-order chi connectivity index (χ1) is 8.56. The minimum Gasteiger partial charge on any atom is -0.389 e. The Balaban J connectivity index is 3.00. The molecule has 0 spiro atoms. The predicted molar refractivity (Wildman–Crippen MR) is 72.2 cm³/mol. The van der Waals surface area contributed by atoms with Gasteiger partial charge < -0.3 is 10.0 Å². The second kappa shape index (κ2) is 6.97. The molecule has 0 saturated carbocycles. The number of nitriles is 1. The number of anilines is 1. The number of nitrogens with zero attached hydrogens (tertiary/aromatic N) is 3. The van der Waals surface area contributed by atoms with Gasteiger partial charge in [-0.1, -0.05) is 19.9 Å². The average molecular weight is 247 g/mol. The summed E-state index contributed by atoms with van der Waals surface area (Å²) in [5.74, 6) is 1.27. The van der Waals surface area contributed by atoms with Gasteiger partial charge in [0.05, 0.1) is 18.6 Å². The van der Waals surface area contributed by atoms with Crippen molar-refractivity contribution in [3.8, 4) is 6.07 Å². The van der Waals surface area contributed by atoms with E-state index in [4.69, 9.17) is 5.26 Å². The molecule has 0 aromatic carbocycles.